The zero-order valence-corrected chi connectivity index (χ0v) is 23.3. The van der Waals surface area contributed by atoms with Crippen molar-refractivity contribution < 1.29 is 13.2 Å². The molecule has 1 aliphatic heterocycles. The molecule has 1 aliphatic rings. The van der Waals surface area contributed by atoms with Crippen LogP contribution in [0.4, 0.5) is 11.6 Å². The molecule has 1 aromatic carbocycles. The van der Waals surface area contributed by atoms with Crippen molar-refractivity contribution in [1.29, 1.82) is 5.26 Å². The summed E-state index contributed by atoms with van der Waals surface area (Å²) in [7, 11) is 0.260. The molecule has 0 bridgehead atoms. The SMILES string of the molecule is CCS(=O)(=O)N1CCC(CC(CC#N)n2cc(-c3ccnc(Nc4ccc(C(=O)N(C)C)cc4)n3)cn2)CC1. The first-order valence-corrected chi connectivity index (χ1v) is 14.6. The van der Waals surface area contributed by atoms with E-state index in [9.17, 15) is 18.5 Å². The first-order chi connectivity index (χ1) is 18.7. The van der Waals surface area contributed by atoms with Crippen molar-refractivity contribution in [3.8, 4) is 17.3 Å². The Bertz CT molecular complexity index is 1420. The number of aromatic nitrogens is 4. The van der Waals surface area contributed by atoms with Gasteiger partial charge in [-0.1, -0.05) is 0 Å². The molecule has 2 aromatic heterocycles. The number of nitriles is 1. The van der Waals surface area contributed by atoms with Gasteiger partial charge in [-0.15, -0.1) is 0 Å². The van der Waals surface area contributed by atoms with E-state index in [1.807, 2.05) is 10.9 Å². The number of sulfonamides is 1. The van der Waals surface area contributed by atoms with Gasteiger partial charge in [-0.25, -0.2) is 22.7 Å². The van der Waals surface area contributed by atoms with Crippen LogP contribution in [0.15, 0.2) is 48.9 Å². The Labute approximate surface area is 229 Å². The van der Waals surface area contributed by atoms with E-state index in [-0.39, 0.29) is 17.7 Å². The van der Waals surface area contributed by atoms with Gasteiger partial charge in [0.25, 0.3) is 5.91 Å². The molecular weight excluding hydrogens is 516 g/mol. The lowest BCUT2D eigenvalue weighted by molar-refractivity contribution is 0.0827. The smallest absolute Gasteiger partial charge is 0.253 e. The molecule has 12 heteroatoms. The highest BCUT2D eigenvalue weighted by molar-refractivity contribution is 7.89. The molecule has 3 aromatic rings. The van der Waals surface area contributed by atoms with Crippen molar-refractivity contribution in [2.24, 2.45) is 5.92 Å². The van der Waals surface area contributed by atoms with Gasteiger partial charge < -0.3 is 10.2 Å². The van der Waals surface area contributed by atoms with Crippen LogP contribution in [0.2, 0.25) is 0 Å². The van der Waals surface area contributed by atoms with Gasteiger partial charge in [0, 0.05) is 56.4 Å². The summed E-state index contributed by atoms with van der Waals surface area (Å²) in [4.78, 5) is 22.6. The number of carbonyl (C=O) groups is 1. The number of piperidine rings is 1. The predicted molar refractivity (Wildman–Crippen MR) is 149 cm³/mol. The molecule has 1 saturated heterocycles. The molecule has 1 N–H and O–H groups in total. The highest BCUT2D eigenvalue weighted by atomic mass is 32.2. The van der Waals surface area contributed by atoms with Crippen molar-refractivity contribution in [2.45, 2.75) is 38.6 Å². The molecule has 1 unspecified atom stereocenters. The summed E-state index contributed by atoms with van der Waals surface area (Å²) in [6.45, 7) is 2.72. The average molecular weight is 551 g/mol. The van der Waals surface area contributed by atoms with E-state index < -0.39 is 10.0 Å². The molecule has 11 nitrogen and oxygen atoms in total. The fourth-order valence-corrected chi connectivity index (χ4v) is 5.85. The van der Waals surface area contributed by atoms with Crippen LogP contribution in [0.1, 0.15) is 49.0 Å². The molecule has 0 saturated carbocycles. The van der Waals surface area contributed by atoms with Crippen molar-refractivity contribution in [1.82, 2.24) is 29.0 Å². The van der Waals surface area contributed by atoms with Crippen LogP contribution < -0.4 is 5.32 Å². The van der Waals surface area contributed by atoms with Gasteiger partial charge in [0.1, 0.15) is 0 Å². The lowest BCUT2D eigenvalue weighted by atomic mass is 9.90. The van der Waals surface area contributed by atoms with Crippen molar-refractivity contribution in [2.75, 3.05) is 38.3 Å². The number of hydrogen-bond acceptors (Lipinski definition) is 8. The average Bonchev–Trinajstić information content (AvgIpc) is 3.44. The predicted octanol–water partition coefficient (Wildman–Crippen LogP) is 3.69. The van der Waals surface area contributed by atoms with Gasteiger partial charge in [0.2, 0.25) is 16.0 Å². The molecule has 1 fully saturated rings. The van der Waals surface area contributed by atoms with Crippen LogP contribution in [0, 0.1) is 17.2 Å². The molecular formula is C27H34N8O3S. The van der Waals surface area contributed by atoms with Crippen molar-refractivity contribution in [3.05, 3.63) is 54.5 Å². The van der Waals surface area contributed by atoms with Crippen LogP contribution in [0.3, 0.4) is 0 Å². The normalized spacial score (nSPS) is 15.4. The number of anilines is 2. The van der Waals surface area contributed by atoms with Crippen LogP contribution in [-0.2, 0) is 10.0 Å². The number of nitrogens with one attached hydrogen (secondary N) is 1. The van der Waals surface area contributed by atoms with Gasteiger partial charge in [-0.3, -0.25) is 9.48 Å². The molecule has 39 heavy (non-hydrogen) atoms. The van der Waals surface area contributed by atoms with E-state index in [2.05, 4.69) is 26.5 Å². The number of benzene rings is 1. The van der Waals surface area contributed by atoms with Gasteiger partial charge in [-0.2, -0.15) is 10.4 Å². The molecule has 0 radical (unpaired) electrons. The minimum Gasteiger partial charge on any atom is -0.345 e. The Kier molecular flexibility index (Phi) is 8.93. The minimum atomic E-state index is -3.16. The Hall–Kier alpha value is -3.82. The van der Waals surface area contributed by atoms with Gasteiger partial charge in [0.15, 0.2) is 0 Å². The van der Waals surface area contributed by atoms with E-state index in [0.717, 1.165) is 30.5 Å². The zero-order chi connectivity index (χ0) is 28.0. The molecule has 3 heterocycles. The second-order valence-corrected chi connectivity index (χ2v) is 12.1. The Morgan fingerprint density at radius 2 is 1.92 bits per heavy atom. The van der Waals surface area contributed by atoms with Gasteiger partial charge in [0.05, 0.1) is 36.2 Å². The largest absolute Gasteiger partial charge is 0.345 e. The number of amides is 1. The van der Waals surface area contributed by atoms with Gasteiger partial charge >= 0.3 is 0 Å². The molecule has 1 amide bonds. The summed E-state index contributed by atoms with van der Waals surface area (Å²) in [6, 6.07) is 11.1. The van der Waals surface area contributed by atoms with Crippen LogP contribution in [-0.4, -0.2) is 76.2 Å². The summed E-state index contributed by atoms with van der Waals surface area (Å²) in [5.74, 6) is 0.791. The maximum atomic E-state index is 12.2. The van der Waals surface area contributed by atoms with Crippen LogP contribution in [0.5, 0.6) is 0 Å². The molecule has 0 spiro atoms. The monoisotopic (exact) mass is 550 g/mol. The zero-order valence-electron chi connectivity index (χ0n) is 22.5. The minimum absolute atomic E-state index is 0.0681. The third kappa shape index (κ3) is 6.99. The van der Waals surface area contributed by atoms with Crippen molar-refractivity contribution >= 4 is 27.6 Å². The Morgan fingerprint density at radius 3 is 2.56 bits per heavy atom. The summed E-state index contributed by atoms with van der Waals surface area (Å²) in [6.07, 6.45) is 7.92. The third-order valence-electron chi connectivity index (χ3n) is 6.99. The highest BCUT2D eigenvalue weighted by Gasteiger charge is 2.28. The van der Waals surface area contributed by atoms with Crippen LogP contribution in [0.25, 0.3) is 11.3 Å². The van der Waals surface area contributed by atoms with E-state index in [4.69, 9.17) is 0 Å². The van der Waals surface area contributed by atoms with Crippen LogP contribution >= 0.6 is 0 Å². The van der Waals surface area contributed by atoms with E-state index in [0.29, 0.717) is 42.6 Å². The number of nitrogens with zero attached hydrogens (tertiary/aromatic N) is 7. The topological polar surface area (TPSA) is 137 Å². The quantitative estimate of drug-likeness (QED) is 0.403. The molecule has 1 atom stereocenters. The fraction of sp³-hybridized carbons (Fsp3) is 0.444. The van der Waals surface area contributed by atoms with Gasteiger partial charge in [-0.05, 0) is 62.4 Å². The van der Waals surface area contributed by atoms with Crippen molar-refractivity contribution in [3.63, 3.8) is 0 Å². The first-order valence-electron chi connectivity index (χ1n) is 13.0. The maximum absolute atomic E-state index is 12.2. The Balaban J connectivity index is 1.42. The Morgan fingerprint density at radius 1 is 1.21 bits per heavy atom. The number of carbonyl (C=O) groups excluding carboxylic acids is 1. The second-order valence-electron chi connectivity index (χ2n) is 9.87. The van der Waals surface area contributed by atoms with E-state index >= 15 is 0 Å². The van der Waals surface area contributed by atoms with E-state index in [1.54, 1.807) is 68.0 Å². The molecule has 206 valence electrons. The maximum Gasteiger partial charge on any atom is 0.253 e. The standard InChI is InChI=1S/C27H34N8O3S/c1-4-39(37,38)34-15-11-20(12-16-34)17-24(9-13-28)35-19-22(18-30-35)25-10-14-29-27(32-25)31-23-7-5-21(6-8-23)26(36)33(2)3/h5-8,10,14,18-20,24H,4,9,11-12,15-17H2,1-3H3,(H,29,31,32). The summed E-state index contributed by atoms with van der Waals surface area (Å²) in [5, 5.41) is 17.2. The number of hydrogen-bond donors (Lipinski definition) is 1. The summed E-state index contributed by atoms with van der Waals surface area (Å²) >= 11 is 0. The first kappa shape index (κ1) is 28.2. The highest BCUT2D eigenvalue weighted by Crippen LogP contribution is 2.30. The molecule has 0 aliphatic carbocycles. The second kappa shape index (κ2) is 12.4. The molecule has 4 rings (SSSR count). The third-order valence-corrected chi connectivity index (χ3v) is 8.87. The lowest BCUT2D eigenvalue weighted by Gasteiger charge is -2.32. The summed E-state index contributed by atoms with van der Waals surface area (Å²) < 4.78 is 27.7. The fourth-order valence-electron chi connectivity index (χ4n) is 4.71. The lowest BCUT2D eigenvalue weighted by Crippen LogP contribution is -2.39. The van der Waals surface area contributed by atoms with E-state index in [1.165, 1.54) is 4.90 Å². The summed E-state index contributed by atoms with van der Waals surface area (Å²) in [5.41, 5.74) is 2.84. The number of rotatable bonds is 10.